The minimum atomic E-state index is 0.476. The fourth-order valence-corrected chi connectivity index (χ4v) is 2.94. The molecule has 0 amide bonds. The van der Waals surface area contributed by atoms with Gasteiger partial charge in [0, 0.05) is 31.9 Å². The number of aromatic nitrogens is 1. The fourth-order valence-electron chi connectivity index (χ4n) is 2.07. The van der Waals surface area contributed by atoms with Crippen LogP contribution in [0.3, 0.4) is 0 Å². The molecule has 1 atom stereocenters. The van der Waals surface area contributed by atoms with Crippen LogP contribution in [0.5, 0.6) is 0 Å². The quantitative estimate of drug-likeness (QED) is 0.795. The van der Waals surface area contributed by atoms with Gasteiger partial charge in [-0.3, -0.25) is 0 Å². The van der Waals surface area contributed by atoms with E-state index in [9.17, 15) is 0 Å². The predicted octanol–water partition coefficient (Wildman–Crippen LogP) is 2.64. The van der Waals surface area contributed by atoms with E-state index in [-0.39, 0.29) is 0 Å². The minimum absolute atomic E-state index is 0.476. The number of likely N-dealkylation sites (N-methyl/N-ethyl adjacent to an activating group) is 1. The van der Waals surface area contributed by atoms with Crippen LogP contribution in [0.4, 0.5) is 5.82 Å². The van der Waals surface area contributed by atoms with Gasteiger partial charge in [0.25, 0.3) is 0 Å². The van der Waals surface area contributed by atoms with E-state index < -0.39 is 0 Å². The number of pyridine rings is 1. The van der Waals surface area contributed by atoms with Crippen LogP contribution < -0.4 is 4.90 Å². The number of piperazine rings is 1. The van der Waals surface area contributed by atoms with Crippen molar-refractivity contribution < 1.29 is 0 Å². The summed E-state index contributed by atoms with van der Waals surface area (Å²) in [5.41, 5.74) is 0. The Hall–Kier alpha value is -0.320. The Labute approximate surface area is 110 Å². The zero-order chi connectivity index (χ0) is 11.7. The molecule has 1 aromatic rings. The first kappa shape index (κ1) is 12.1. The first-order valence-corrected chi connectivity index (χ1v) is 6.51. The highest BCUT2D eigenvalue weighted by Gasteiger charge is 2.24. The van der Waals surface area contributed by atoms with Crippen LogP contribution >= 0.6 is 27.5 Å². The summed E-state index contributed by atoms with van der Waals surface area (Å²) in [7, 11) is 2.15. The van der Waals surface area contributed by atoms with Crippen LogP contribution in [0.1, 0.15) is 6.92 Å². The number of nitrogens with zero attached hydrogens (tertiary/aromatic N) is 3. The summed E-state index contributed by atoms with van der Waals surface area (Å²) in [5, 5.41) is 0.664. The summed E-state index contributed by atoms with van der Waals surface area (Å²) in [5.74, 6) is 0.991. The van der Waals surface area contributed by atoms with Crippen molar-refractivity contribution in [1.82, 2.24) is 9.88 Å². The van der Waals surface area contributed by atoms with E-state index in [0.29, 0.717) is 11.1 Å². The Morgan fingerprint density at radius 1 is 1.50 bits per heavy atom. The predicted molar refractivity (Wildman–Crippen MR) is 71.3 cm³/mol. The summed E-state index contributed by atoms with van der Waals surface area (Å²) in [4.78, 5) is 9.06. The molecule has 1 fully saturated rings. The fraction of sp³-hybridized carbons (Fsp3) is 0.545. The lowest BCUT2D eigenvalue weighted by Crippen LogP contribution is -2.50. The van der Waals surface area contributed by atoms with Crippen molar-refractivity contribution >= 4 is 33.3 Å². The highest BCUT2D eigenvalue weighted by molar-refractivity contribution is 9.10. The van der Waals surface area contributed by atoms with E-state index in [4.69, 9.17) is 11.6 Å². The largest absolute Gasteiger partial charge is 0.350 e. The molecule has 0 bridgehead atoms. The molecule has 5 heteroatoms. The highest BCUT2D eigenvalue weighted by atomic mass is 79.9. The van der Waals surface area contributed by atoms with Crippen molar-refractivity contribution in [2.75, 3.05) is 31.6 Å². The van der Waals surface area contributed by atoms with Crippen LogP contribution in [0.2, 0.25) is 5.02 Å². The van der Waals surface area contributed by atoms with Crippen LogP contribution in [0.25, 0.3) is 0 Å². The highest BCUT2D eigenvalue weighted by Crippen LogP contribution is 2.28. The molecule has 2 rings (SSSR count). The SMILES string of the molecule is CC1CN(C)CCN1c1ncc(Cl)cc1Br. The molecule has 2 heterocycles. The second-order valence-corrected chi connectivity index (χ2v) is 5.55. The summed E-state index contributed by atoms with van der Waals surface area (Å²) in [6.07, 6.45) is 1.70. The molecule has 0 saturated carbocycles. The van der Waals surface area contributed by atoms with E-state index >= 15 is 0 Å². The Bertz CT molecular complexity index is 385. The Kier molecular flexibility index (Phi) is 3.72. The molecule has 0 N–H and O–H groups in total. The van der Waals surface area contributed by atoms with Crippen molar-refractivity contribution in [3.63, 3.8) is 0 Å². The molecule has 1 saturated heterocycles. The molecule has 1 aliphatic rings. The van der Waals surface area contributed by atoms with Gasteiger partial charge in [-0.1, -0.05) is 11.6 Å². The van der Waals surface area contributed by atoms with Gasteiger partial charge in [0.15, 0.2) is 0 Å². The maximum Gasteiger partial charge on any atom is 0.143 e. The monoisotopic (exact) mass is 303 g/mol. The normalized spacial score (nSPS) is 22.5. The molecule has 88 valence electrons. The maximum atomic E-state index is 5.90. The van der Waals surface area contributed by atoms with Gasteiger partial charge in [0.2, 0.25) is 0 Å². The molecule has 0 radical (unpaired) electrons. The third-order valence-corrected chi connectivity index (χ3v) is 3.68. The van der Waals surface area contributed by atoms with E-state index in [1.165, 1.54) is 0 Å². The van der Waals surface area contributed by atoms with E-state index in [2.05, 4.69) is 44.7 Å². The average Bonchev–Trinajstić information content (AvgIpc) is 2.19. The first-order chi connectivity index (χ1) is 7.58. The lowest BCUT2D eigenvalue weighted by Gasteiger charge is -2.39. The lowest BCUT2D eigenvalue weighted by molar-refractivity contribution is 0.274. The van der Waals surface area contributed by atoms with Gasteiger partial charge in [0.05, 0.1) is 9.50 Å². The van der Waals surface area contributed by atoms with Gasteiger partial charge >= 0.3 is 0 Å². The van der Waals surface area contributed by atoms with Crippen molar-refractivity contribution in [3.05, 3.63) is 21.8 Å². The molecule has 1 unspecified atom stereocenters. The molecular weight excluding hydrogens is 289 g/mol. The summed E-state index contributed by atoms with van der Waals surface area (Å²) < 4.78 is 0.969. The molecule has 1 aliphatic heterocycles. The lowest BCUT2D eigenvalue weighted by atomic mass is 10.2. The van der Waals surface area contributed by atoms with Gasteiger partial charge in [-0.2, -0.15) is 0 Å². The number of hydrogen-bond donors (Lipinski definition) is 0. The second kappa shape index (κ2) is 4.90. The minimum Gasteiger partial charge on any atom is -0.350 e. The van der Waals surface area contributed by atoms with Gasteiger partial charge in [-0.15, -0.1) is 0 Å². The number of anilines is 1. The van der Waals surface area contributed by atoms with E-state index in [1.807, 2.05) is 6.07 Å². The summed E-state index contributed by atoms with van der Waals surface area (Å²) in [6.45, 7) is 5.36. The number of rotatable bonds is 1. The number of halogens is 2. The Balaban J connectivity index is 2.23. The van der Waals surface area contributed by atoms with Crippen molar-refractivity contribution in [2.45, 2.75) is 13.0 Å². The zero-order valence-corrected chi connectivity index (χ0v) is 11.8. The molecule has 1 aromatic heterocycles. The zero-order valence-electron chi connectivity index (χ0n) is 9.45. The van der Waals surface area contributed by atoms with Gasteiger partial charge in [0.1, 0.15) is 5.82 Å². The van der Waals surface area contributed by atoms with E-state index in [1.54, 1.807) is 6.20 Å². The van der Waals surface area contributed by atoms with Crippen LogP contribution in [0, 0.1) is 0 Å². The second-order valence-electron chi connectivity index (χ2n) is 4.26. The van der Waals surface area contributed by atoms with Gasteiger partial charge in [-0.25, -0.2) is 4.98 Å². The first-order valence-electron chi connectivity index (χ1n) is 5.34. The number of hydrogen-bond acceptors (Lipinski definition) is 3. The maximum absolute atomic E-state index is 5.90. The molecule has 16 heavy (non-hydrogen) atoms. The van der Waals surface area contributed by atoms with Crippen LogP contribution in [0.15, 0.2) is 16.7 Å². The molecule has 0 aromatic carbocycles. The van der Waals surface area contributed by atoms with Gasteiger partial charge < -0.3 is 9.80 Å². The summed E-state index contributed by atoms with van der Waals surface area (Å²) in [6, 6.07) is 2.37. The third kappa shape index (κ3) is 2.50. The molecule has 3 nitrogen and oxygen atoms in total. The standard InChI is InChI=1S/C11H15BrClN3/c1-8-7-15(2)3-4-16(8)11-10(12)5-9(13)6-14-11/h5-6,8H,3-4,7H2,1-2H3. The van der Waals surface area contributed by atoms with Crippen molar-refractivity contribution in [1.29, 1.82) is 0 Å². The molecule has 0 spiro atoms. The summed E-state index contributed by atoms with van der Waals surface area (Å²) >= 11 is 9.42. The van der Waals surface area contributed by atoms with Gasteiger partial charge in [-0.05, 0) is 36.0 Å². The van der Waals surface area contributed by atoms with E-state index in [0.717, 1.165) is 29.9 Å². The van der Waals surface area contributed by atoms with Crippen LogP contribution in [-0.2, 0) is 0 Å². The third-order valence-electron chi connectivity index (χ3n) is 2.89. The topological polar surface area (TPSA) is 19.4 Å². The molecular formula is C11H15BrClN3. The smallest absolute Gasteiger partial charge is 0.143 e. The average molecular weight is 305 g/mol. The Morgan fingerprint density at radius 2 is 2.25 bits per heavy atom. The van der Waals surface area contributed by atoms with Crippen molar-refractivity contribution in [2.24, 2.45) is 0 Å². The molecule has 0 aliphatic carbocycles. The van der Waals surface area contributed by atoms with Crippen molar-refractivity contribution in [3.8, 4) is 0 Å². The van der Waals surface area contributed by atoms with Crippen LogP contribution in [-0.4, -0.2) is 42.6 Å². The Morgan fingerprint density at radius 3 is 2.88 bits per heavy atom.